The third-order valence-corrected chi connectivity index (χ3v) is 8.35. The normalized spacial score (nSPS) is 19.8. The van der Waals surface area contributed by atoms with E-state index in [0.29, 0.717) is 0 Å². The summed E-state index contributed by atoms with van der Waals surface area (Å²) < 4.78 is 13.6. The topological polar surface area (TPSA) is 57.3 Å². The molecule has 1 unspecified atom stereocenters. The third-order valence-electron chi connectivity index (χ3n) is 7.41. The molecule has 3 rings (SSSR count). The van der Waals surface area contributed by atoms with Gasteiger partial charge in [0.15, 0.2) is 5.13 Å². The largest absolute Gasteiger partial charge is 0.336 e. The predicted octanol–water partition coefficient (Wildman–Crippen LogP) is 5.64. The van der Waals surface area contributed by atoms with Gasteiger partial charge in [-0.2, -0.15) is 4.39 Å². The number of urea groups is 1. The Labute approximate surface area is 202 Å². The lowest BCUT2D eigenvalue weighted by Crippen LogP contribution is -2.60. The van der Waals surface area contributed by atoms with E-state index in [9.17, 15) is 9.18 Å². The molecule has 0 bridgehead atoms. The number of aryl methyl sites for hydroxylation is 2. The number of halogens is 1. The Hall–Kier alpha value is -1.99. The molecule has 0 aliphatic carbocycles. The second kappa shape index (κ2) is 9.71. The maximum absolute atomic E-state index is 13.6. The van der Waals surface area contributed by atoms with Crippen molar-refractivity contribution in [3.05, 3.63) is 51.7 Å². The van der Waals surface area contributed by atoms with Crippen molar-refractivity contribution in [2.24, 2.45) is 5.41 Å². The zero-order chi connectivity index (χ0) is 24.4. The standard InChI is InChI=1S/C26H39FN4OS/c1-18(2)29-23(32)30-25(6,7)26(13-12-21-10-11-22(27)33-21)14-15-31(17-26)24(4,5)20-9-8-19(3)28-16-20/h8-11,16,18H,12-15,17H2,1-7H3,(H2,29,30,32). The second-order valence-corrected chi connectivity index (χ2v) is 11.9. The van der Waals surface area contributed by atoms with Gasteiger partial charge in [0.1, 0.15) is 0 Å². The number of carbonyl (C=O) groups excluding carboxylic acids is 1. The fourth-order valence-electron chi connectivity index (χ4n) is 4.95. The van der Waals surface area contributed by atoms with E-state index >= 15 is 0 Å². The summed E-state index contributed by atoms with van der Waals surface area (Å²) in [4.78, 5) is 20.8. The summed E-state index contributed by atoms with van der Waals surface area (Å²) in [5.41, 5.74) is 1.41. The monoisotopic (exact) mass is 474 g/mol. The summed E-state index contributed by atoms with van der Waals surface area (Å²) in [5.74, 6) is 0. The minimum atomic E-state index is -0.446. The summed E-state index contributed by atoms with van der Waals surface area (Å²) >= 11 is 1.22. The minimum Gasteiger partial charge on any atom is -0.336 e. The first-order chi connectivity index (χ1) is 15.3. The molecule has 2 aromatic rings. The SMILES string of the molecule is Cc1ccc(C(C)(C)N2CCC(CCc3ccc(F)s3)(C(C)(C)NC(=O)NC(C)C)C2)cn1. The van der Waals surface area contributed by atoms with E-state index in [-0.39, 0.29) is 28.2 Å². The maximum atomic E-state index is 13.6. The molecule has 2 aromatic heterocycles. The lowest BCUT2D eigenvalue weighted by molar-refractivity contribution is 0.0780. The minimum absolute atomic E-state index is 0.0684. The van der Waals surface area contributed by atoms with Crippen LogP contribution in [0.5, 0.6) is 0 Å². The van der Waals surface area contributed by atoms with Gasteiger partial charge in [0.25, 0.3) is 0 Å². The van der Waals surface area contributed by atoms with Crippen molar-refractivity contribution in [1.82, 2.24) is 20.5 Å². The fraction of sp³-hybridized carbons (Fsp3) is 0.615. The predicted molar refractivity (Wildman–Crippen MR) is 134 cm³/mol. The Morgan fingerprint density at radius 3 is 2.55 bits per heavy atom. The molecule has 2 N–H and O–H groups in total. The van der Waals surface area contributed by atoms with Crippen LogP contribution >= 0.6 is 11.3 Å². The molecule has 1 aliphatic rings. The molecule has 33 heavy (non-hydrogen) atoms. The Morgan fingerprint density at radius 2 is 1.97 bits per heavy atom. The van der Waals surface area contributed by atoms with Crippen LogP contribution in [-0.4, -0.2) is 40.6 Å². The molecule has 1 aliphatic heterocycles. The Bertz CT molecular complexity index is 953. The summed E-state index contributed by atoms with van der Waals surface area (Å²) in [6.45, 7) is 16.4. The summed E-state index contributed by atoms with van der Waals surface area (Å²) in [7, 11) is 0. The number of nitrogens with zero attached hydrogens (tertiary/aromatic N) is 2. The molecule has 0 spiro atoms. The molecular weight excluding hydrogens is 435 g/mol. The number of aromatic nitrogens is 1. The van der Waals surface area contributed by atoms with E-state index in [1.54, 1.807) is 6.07 Å². The van der Waals surface area contributed by atoms with Crippen LogP contribution in [0, 0.1) is 17.5 Å². The fourth-order valence-corrected chi connectivity index (χ4v) is 5.68. The van der Waals surface area contributed by atoms with Crippen molar-refractivity contribution >= 4 is 17.4 Å². The zero-order valence-corrected chi connectivity index (χ0v) is 21.9. The summed E-state index contributed by atoms with van der Waals surface area (Å²) in [6, 6.07) is 7.58. The second-order valence-electron chi connectivity index (χ2n) is 10.8. The van der Waals surface area contributed by atoms with Crippen LogP contribution in [0.4, 0.5) is 9.18 Å². The molecule has 1 atom stereocenters. The van der Waals surface area contributed by atoms with Gasteiger partial charge in [-0.05, 0) is 98.0 Å². The van der Waals surface area contributed by atoms with E-state index in [0.717, 1.165) is 42.9 Å². The number of likely N-dealkylation sites (tertiary alicyclic amines) is 1. The first kappa shape index (κ1) is 25.6. The number of pyridine rings is 1. The van der Waals surface area contributed by atoms with Gasteiger partial charge < -0.3 is 10.6 Å². The molecule has 3 heterocycles. The van der Waals surface area contributed by atoms with Crippen molar-refractivity contribution in [3.8, 4) is 0 Å². The highest BCUT2D eigenvalue weighted by Gasteiger charge is 2.52. The highest BCUT2D eigenvalue weighted by molar-refractivity contribution is 7.10. The van der Waals surface area contributed by atoms with Crippen molar-refractivity contribution in [2.45, 2.75) is 84.8 Å². The van der Waals surface area contributed by atoms with Crippen LogP contribution in [0.25, 0.3) is 0 Å². The first-order valence-electron chi connectivity index (χ1n) is 11.9. The molecule has 1 fully saturated rings. The van der Waals surface area contributed by atoms with E-state index in [2.05, 4.69) is 60.3 Å². The molecule has 7 heteroatoms. The molecule has 2 amide bonds. The molecule has 5 nitrogen and oxygen atoms in total. The van der Waals surface area contributed by atoms with Crippen LogP contribution in [0.3, 0.4) is 0 Å². The summed E-state index contributed by atoms with van der Waals surface area (Å²) in [5, 5.41) is 6.10. The van der Waals surface area contributed by atoms with Gasteiger partial charge in [-0.25, -0.2) is 4.79 Å². The van der Waals surface area contributed by atoms with Gasteiger partial charge >= 0.3 is 6.03 Å². The number of thiophene rings is 1. The molecule has 0 aromatic carbocycles. The number of hydrogen-bond acceptors (Lipinski definition) is 4. The number of rotatable bonds is 8. The first-order valence-corrected chi connectivity index (χ1v) is 12.7. The maximum Gasteiger partial charge on any atom is 0.315 e. The van der Waals surface area contributed by atoms with Crippen molar-refractivity contribution < 1.29 is 9.18 Å². The Morgan fingerprint density at radius 1 is 1.24 bits per heavy atom. The van der Waals surface area contributed by atoms with Gasteiger partial charge in [-0.15, -0.1) is 11.3 Å². The van der Waals surface area contributed by atoms with Crippen molar-refractivity contribution in [3.63, 3.8) is 0 Å². The number of carbonyl (C=O) groups is 1. The van der Waals surface area contributed by atoms with Crippen LogP contribution < -0.4 is 10.6 Å². The van der Waals surface area contributed by atoms with Gasteiger partial charge in [-0.1, -0.05) is 6.07 Å². The van der Waals surface area contributed by atoms with E-state index in [4.69, 9.17) is 0 Å². The average molecular weight is 475 g/mol. The quantitative estimate of drug-likeness (QED) is 0.521. The van der Waals surface area contributed by atoms with Crippen LogP contribution in [0.1, 0.15) is 70.5 Å². The molecule has 1 saturated heterocycles. The lowest BCUT2D eigenvalue weighted by Gasteiger charge is -2.46. The van der Waals surface area contributed by atoms with Gasteiger partial charge in [0.2, 0.25) is 0 Å². The Kier molecular flexibility index (Phi) is 7.54. The summed E-state index contributed by atoms with van der Waals surface area (Å²) in [6.07, 6.45) is 4.61. The van der Waals surface area contributed by atoms with E-state index < -0.39 is 5.54 Å². The highest BCUT2D eigenvalue weighted by atomic mass is 32.1. The van der Waals surface area contributed by atoms with E-state index in [1.807, 2.05) is 33.0 Å². The highest BCUT2D eigenvalue weighted by Crippen LogP contribution is 2.48. The zero-order valence-electron chi connectivity index (χ0n) is 21.1. The smallest absolute Gasteiger partial charge is 0.315 e. The van der Waals surface area contributed by atoms with Gasteiger partial charge in [-0.3, -0.25) is 9.88 Å². The van der Waals surface area contributed by atoms with Gasteiger partial charge in [0.05, 0.1) is 0 Å². The van der Waals surface area contributed by atoms with Crippen LogP contribution in [0.2, 0.25) is 0 Å². The van der Waals surface area contributed by atoms with Crippen LogP contribution in [0.15, 0.2) is 30.5 Å². The average Bonchev–Trinajstić information content (AvgIpc) is 3.33. The van der Waals surface area contributed by atoms with Crippen molar-refractivity contribution in [2.75, 3.05) is 13.1 Å². The number of nitrogens with one attached hydrogen (secondary N) is 2. The van der Waals surface area contributed by atoms with Gasteiger partial charge in [0, 0.05) is 45.8 Å². The molecule has 0 saturated carbocycles. The number of amides is 2. The lowest BCUT2D eigenvalue weighted by atomic mass is 9.67. The van der Waals surface area contributed by atoms with Crippen molar-refractivity contribution in [1.29, 1.82) is 0 Å². The Balaban J connectivity index is 1.87. The molecule has 182 valence electrons. The van der Waals surface area contributed by atoms with Crippen LogP contribution in [-0.2, 0) is 12.0 Å². The third kappa shape index (κ3) is 5.75. The number of hydrogen-bond donors (Lipinski definition) is 2. The van der Waals surface area contributed by atoms with E-state index in [1.165, 1.54) is 16.9 Å². The molecular formula is C26H39FN4OS. The molecule has 0 radical (unpaired) electrons.